The molecule has 0 radical (unpaired) electrons. The number of nitrogens with zero attached hydrogens (tertiary/aromatic N) is 3. The van der Waals surface area contributed by atoms with E-state index in [-0.39, 0.29) is 36.6 Å². The lowest BCUT2D eigenvalue weighted by Crippen LogP contribution is -2.48. The molecule has 1 saturated heterocycles. The maximum atomic E-state index is 13.3. The van der Waals surface area contributed by atoms with Crippen molar-refractivity contribution in [3.8, 4) is 11.5 Å². The Bertz CT molecular complexity index is 1210. The number of oxazole rings is 1. The Morgan fingerprint density at radius 2 is 1.82 bits per heavy atom. The molecule has 0 bridgehead atoms. The van der Waals surface area contributed by atoms with Gasteiger partial charge in [-0.15, -0.1) is 6.58 Å². The molecule has 7 heteroatoms. The molecule has 34 heavy (non-hydrogen) atoms. The summed E-state index contributed by atoms with van der Waals surface area (Å²) in [6.07, 6.45) is 6.46. The van der Waals surface area contributed by atoms with E-state index in [0.29, 0.717) is 17.2 Å². The van der Waals surface area contributed by atoms with Gasteiger partial charge in [-0.25, -0.2) is 9.88 Å². The van der Waals surface area contributed by atoms with E-state index < -0.39 is 6.04 Å². The number of para-hydroxylation sites is 2. The van der Waals surface area contributed by atoms with Crippen LogP contribution in [0.1, 0.15) is 38.5 Å². The van der Waals surface area contributed by atoms with Crippen molar-refractivity contribution in [2.24, 2.45) is 5.92 Å². The second kappa shape index (κ2) is 9.25. The van der Waals surface area contributed by atoms with E-state index >= 15 is 0 Å². The third-order valence-corrected chi connectivity index (χ3v) is 6.73. The van der Waals surface area contributed by atoms with Crippen molar-refractivity contribution in [1.29, 1.82) is 0 Å². The van der Waals surface area contributed by atoms with E-state index in [1.54, 1.807) is 35.2 Å². The van der Waals surface area contributed by atoms with Crippen molar-refractivity contribution < 1.29 is 18.8 Å². The van der Waals surface area contributed by atoms with Gasteiger partial charge in [-0.05, 0) is 49.2 Å². The van der Waals surface area contributed by atoms with Gasteiger partial charge < -0.3 is 9.32 Å². The summed E-state index contributed by atoms with van der Waals surface area (Å²) in [5.74, 6) is -0.333. The lowest BCUT2D eigenvalue weighted by atomic mass is 9.88. The summed E-state index contributed by atoms with van der Waals surface area (Å²) < 4.78 is 5.81. The quantitative estimate of drug-likeness (QED) is 0.395. The zero-order valence-corrected chi connectivity index (χ0v) is 19.0. The molecule has 7 nitrogen and oxygen atoms in total. The third kappa shape index (κ3) is 4.02. The van der Waals surface area contributed by atoms with E-state index in [1.807, 2.05) is 24.3 Å². The van der Waals surface area contributed by atoms with Gasteiger partial charge in [0, 0.05) is 18.0 Å². The Kier molecular flexibility index (Phi) is 6.01. The maximum Gasteiger partial charge on any atom is 0.257 e. The van der Waals surface area contributed by atoms with Crippen LogP contribution in [-0.4, -0.2) is 40.2 Å². The topological polar surface area (TPSA) is 83.7 Å². The Hall–Kier alpha value is -3.74. The van der Waals surface area contributed by atoms with Crippen LogP contribution >= 0.6 is 0 Å². The van der Waals surface area contributed by atoms with Crippen LogP contribution in [0.4, 0.5) is 5.69 Å². The number of benzene rings is 2. The SMILES string of the molecule is C=CCN(C(=O)C1CCCCC1)C1CC(=O)N(c2ccc(-c3nc4ccccc4o3)cc2)C1=O. The summed E-state index contributed by atoms with van der Waals surface area (Å²) >= 11 is 0. The number of hydrogen-bond donors (Lipinski definition) is 0. The predicted molar refractivity (Wildman–Crippen MR) is 129 cm³/mol. The number of rotatable bonds is 6. The maximum absolute atomic E-state index is 13.3. The fourth-order valence-electron chi connectivity index (χ4n) is 4.97. The largest absolute Gasteiger partial charge is 0.436 e. The lowest BCUT2D eigenvalue weighted by molar-refractivity contribution is -0.142. The van der Waals surface area contributed by atoms with Gasteiger partial charge in [-0.2, -0.15) is 0 Å². The molecule has 3 aromatic rings. The average Bonchev–Trinajstić information content (AvgIpc) is 3.43. The third-order valence-electron chi connectivity index (χ3n) is 6.73. The summed E-state index contributed by atoms with van der Waals surface area (Å²) in [4.78, 5) is 46.7. The van der Waals surface area contributed by atoms with Crippen LogP contribution in [0.3, 0.4) is 0 Å². The second-order valence-electron chi connectivity index (χ2n) is 8.94. The molecule has 1 saturated carbocycles. The number of carbonyl (C=O) groups excluding carboxylic acids is 3. The minimum Gasteiger partial charge on any atom is -0.436 e. The molecule has 5 rings (SSSR count). The van der Waals surface area contributed by atoms with Crippen LogP contribution in [0.25, 0.3) is 22.6 Å². The number of aromatic nitrogens is 1. The highest BCUT2D eigenvalue weighted by Gasteiger charge is 2.45. The van der Waals surface area contributed by atoms with Gasteiger partial charge in [-0.1, -0.05) is 37.5 Å². The Morgan fingerprint density at radius 1 is 1.09 bits per heavy atom. The number of anilines is 1. The van der Waals surface area contributed by atoms with Gasteiger partial charge in [0.15, 0.2) is 5.58 Å². The Morgan fingerprint density at radius 3 is 2.53 bits per heavy atom. The van der Waals surface area contributed by atoms with Gasteiger partial charge in [0.2, 0.25) is 17.7 Å². The number of fused-ring (bicyclic) bond motifs is 1. The number of carbonyl (C=O) groups is 3. The zero-order chi connectivity index (χ0) is 23.7. The molecule has 2 aromatic carbocycles. The van der Waals surface area contributed by atoms with Crippen LogP contribution < -0.4 is 4.90 Å². The molecule has 0 spiro atoms. The summed E-state index contributed by atoms with van der Waals surface area (Å²) in [5.41, 5.74) is 2.68. The smallest absolute Gasteiger partial charge is 0.257 e. The first-order valence-corrected chi connectivity index (χ1v) is 11.8. The molecule has 0 N–H and O–H groups in total. The number of amides is 3. The molecule has 1 atom stereocenters. The van der Waals surface area contributed by atoms with Gasteiger partial charge in [0.05, 0.1) is 12.1 Å². The molecule has 2 heterocycles. The van der Waals surface area contributed by atoms with Gasteiger partial charge in [0.1, 0.15) is 11.6 Å². The average molecular weight is 458 g/mol. The Labute approximate surface area is 198 Å². The molecule has 2 aliphatic rings. The minimum absolute atomic E-state index is 0.0159. The van der Waals surface area contributed by atoms with Gasteiger partial charge in [-0.3, -0.25) is 14.4 Å². The van der Waals surface area contributed by atoms with Crippen LogP contribution in [0.15, 0.2) is 65.6 Å². The molecule has 1 aliphatic carbocycles. The van der Waals surface area contributed by atoms with Crippen LogP contribution in [0.5, 0.6) is 0 Å². The number of imide groups is 1. The molecule has 1 unspecified atom stereocenters. The van der Waals surface area contributed by atoms with Gasteiger partial charge in [0.25, 0.3) is 5.91 Å². The normalized spacial score (nSPS) is 19.1. The van der Waals surface area contributed by atoms with Crippen molar-refractivity contribution >= 4 is 34.5 Å². The first-order chi connectivity index (χ1) is 16.6. The van der Waals surface area contributed by atoms with E-state index in [4.69, 9.17) is 4.42 Å². The first-order valence-electron chi connectivity index (χ1n) is 11.8. The molecular formula is C27H27N3O4. The van der Waals surface area contributed by atoms with E-state index in [1.165, 1.54) is 4.90 Å². The Balaban J connectivity index is 1.36. The summed E-state index contributed by atoms with van der Waals surface area (Å²) in [5, 5.41) is 0. The van der Waals surface area contributed by atoms with Crippen molar-refractivity contribution in [2.45, 2.75) is 44.6 Å². The van der Waals surface area contributed by atoms with Crippen molar-refractivity contribution in [1.82, 2.24) is 9.88 Å². The standard InChI is InChI=1S/C27H27N3O4/c1-2-16-29(26(32)19-8-4-3-5-9-19)22-17-24(31)30(27(22)33)20-14-12-18(13-15-20)25-28-21-10-6-7-11-23(21)34-25/h2,6-7,10-15,19,22H,1,3-5,8-9,16-17H2. The van der Waals surface area contributed by atoms with Gasteiger partial charge >= 0.3 is 0 Å². The van der Waals surface area contributed by atoms with Crippen LogP contribution in [0, 0.1) is 5.92 Å². The number of hydrogen-bond acceptors (Lipinski definition) is 5. The first kappa shape index (κ1) is 22.1. The summed E-state index contributed by atoms with van der Waals surface area (Å²) in [6, 6.07) is 13.7. The van der Waals surface area contributed by atoms with Crippen LogP contribution in [0.2, 0.25) is 0 Å². The van der Waals surface area contributed by atoms with Crippen molar-refractivity contribution in [3.05, 3.63) is 61.2 Å². The second-order valence-corrected chi connectivity index (χ2v) is 8.94. The van der Waals surface area contributed by atoms with E-state index in [2.05, 4.69) is 11.6 Å². The highest BCUT2D eigenvalue weighted by atomic mass is 16.3. The highest BCUT2D eigenvalue weighted by molar-refractivity contribution is 6.23. The van der Waals surface area contributed by atoms with E-state index in [0.717, 1.165) is 43.2 Å². The fourth-order valence-corrected chi connectivity index (χ4v) is 4.97. The molecule has 1 aromatic heterocycles. The molecule has 1 aliphatic heterocycles. The monoisotopic (exact) mass is 457 g/mol. The lowest BCUT2D eigenvalue weighted by Gasteiger charge is -2.31. The summed E-state index contributed by atoms with van der Waals surface area (Å²) in [7, 11) is 0. The highest BCUT2D eigenvalue weighted by Crippen LogP contribution is 2.32. The predicted octanol–water partition coefficient (Wildman–Crippen LogP) is 4.72. The van der Waals surface area contributed by atoms with Crippen molar-refractivity contribution in [2.75, 3.05) is 11.4 Å². The molecule has 2 fully saturated rings. The molecular weight excluding hydrogens is 430 g/mol. The summed E-state index contributed by atoms with van der Waals surface area (Å²) in [6.45, 7) is 4.01. The van der Waals surface area contributed by atoms with Crippen LogP contribution in [-0.2, 0) is 14.4 Å². The minimum atomic E-state index is -0.795. The molecule has 3 amide bonds. The molecule has 174 valence electrons. The van der Waals surface area contributed by atoms with Crippen molar-refractivity contribution in [3.63, 3.8) is 0 Å². The fraction of sp³-hybridized carbons (Fsp3) is 0.333. The zero-order valence-electron chi connectivity index (χ0n) is 19.0. The van der Waals surface area contributed by atoms with E-state index in [9.17, 15) is 14.4 Å².